The summed E-state index contributed by atoms with van der Waals surface area (Å²) in [4.78, 5) is 16.5. The number of amides is 1. The van der Waals surface area contributed by atoms with Gasteiger partial charge in [-0.1, -0.05) is 6.07 Å². The monoisotopic (exact) mass is 209 g/mol. The molecule has 0 fully saturated rings. The molecule has 1 aromatic carbocycles. The van der Waals surface area contributed by atoms with Gasteiger partial charge in [-0.3, -0.25) is 9.63 Å². The Morgan fingerprint density at radius 3 is 2.53 bits per heavy atom. The second-order valence-electron chi connectivity index (χ2n) is 3.17. The Labute approximate surface area is 89.4 Å². The Morgan fingerprint density at radius 2 is 2.00 bits per heavy atom. The molecular formula is C11H15NO3. The van der Waals surface area contributed by atoms with E-state index in [4.69, 9.17) is 9.57 Å². The molecule has 4 nitrogen and oxygen atoms in total. The minimum absolute atomic E-state index is 0.198. The fourth-order valence-electron chi connectivity index (χ4n) is 1.22. The molecule has 0 aromatic heterocycles. The summed E-state index contributed by atoms with van der Waals surface area (Å²) in [6.07, 6.45) is 0. The summed E-state index contributed by atoms with van der Waals surface area (Å²) in [7, 11) is 4.59. The van der Waals surface area contributed by atoms with Gasteiger partial charge in [0, 0.05) is 12.6 Å². The molecule has 0 aliphatic carbocycles. The smallest absolute Gasteiger partial charge is 0.277 e. The number of hydrogen-bond acceptors (Lipinski definition) is 3. The van der Waals surface area contributed by atoms with Gasteiger partial charge < -0.3 is 4.74 Å². The van der Waals surface area contributed by atoms with Crippen LogP contribution in [-0.2, 0) is 4.84 Å². The van der Waals surface area contributed by atoms with Crippen molar-refractivity contribution < 1.29 is 14.4 Å². The molecule has 82 valence electrons. The zero-order chi connectivity index (χ0) is 11.4. The van der Waals surface area contributed by atoms with E-state index in [2.05, 4.69) is 0 Å². The highest BCUT2D eigenvalue weighted by Gasteiger charge is 2.12. The van der Waals surface area contributed by atoms with Crippen LogP contribution in [0.2, 0.25) is 0 Å². The zero-order valence-corrected chi connectivity index (χ0v) is 9.40. The number of methoxy groups -OCH3 is 1. The van der Waals surface area contributed by atoms with Gasteiger partial charge in [-0.15, -0.1) is 0 Å². The second kappa shape index (κ2) is 4.79. The maximum atomic E-state index is 11.7. The van der Waals surface area contributed by atoms with Gasteiger partial charge in [0.05, 0.1) is 14.2 Å². The van der Waals surface area contributed by atoms with E-state index in [-0.39, 0.29) is 5.91 Å². The number of ether oxygens (including phenoxy) is 1. The quantitative estimate of drug-likeness (QED) is 0.710. The molecule has 4 heteroatoms. The van der Waals surface area contributed by atoms with Crippen molar-refractivity contribution >= 4 is 5.91 Å². The molecule has 0 aliphatic rings. The normalized spacial score (nSPS) is 9.87. The molecule has 0 bridgehead atoms. The van der Waals surface area contributed by atoms with E-state index in [1.54, 1.807) is 26.3 Å². The standard InChI is InChI=1S/C11H15NO3/c1-8-5-6-9(7-10(8)14-3)11(13)12(2)15-4/h5-7H,1-4H3. The molecule has 0 spiro atoms. The minimum atomic E-state index is -0.198. The first-order valence-electron chi connectivity index (χ1n) is 4.57. The molecule has 0 aliphatic heterocycles. The third kappa shape index (κ3) is 2.47. The molecule has 15 heavy (non-hydrogen) atoms. The Balaban J connectivity index is 3.01. The van der Waals surface area contributed by atoms with Crippen molar-refractivity contribution in [3.63, 3.8) is 0 Å². The van der Waals surface area contributed by atoms with Crippen molar-refractivity contribution in [3.8, 4) is 5.75 Å². The molecule has 0 radical (unpaired) electrons. The number of rotatable bonds is 3. The topological polar surface area (TPSA) is 38.8 Å². The zero-order valence-electron chi connectivity index (χ0n) is 9.40. The molecular weight excluding hydrogens is 194 g/mol. The lowest BCUT2D eigenvalue weighted by molar-refractivity contribution is -0.0757. The molecule has 0 saturated heterocycles. The first-order chi connectivity index (χ1) is 7.10. The van der Waals surface area contributed by atoms with E-state index in [9.17, 15) is 4.79 Å². The number of carbonyl (C=O) groups is 1. The highest BCUT2D eigenvalue weighted by molar-refractivity contribution is 5.93. The van der Waals surface area contributed by atoms with Crippen LogP contribution in [0.25, 0.3) is 0 Å². The number of aryl methyl sites for hydroxylation is 1. The maximum Gasteiger partial charge on any atom is 0.277 e. The summed E-state index contributed by atoms with van der Waals surface area (Å²) in [5, 5.41) is 1.17. The Bertz CT molecular complexity index is 363. The maximum absolute atomic E-state index is 11.7. The number of carbonyl (C=O) groups excluding carboxylic acids is 1. The number of hydroxylamine groups is 2. The van der Waals surface area contributed by atoms with E-state index >= 15 is 0 Å². The van der Waals surface area contributed by atoms with Crippen molar-refractivity contribution in [2.24, 2.45) is 0 Å². The van der Waals surface area contributed by atoms with Gasteiger partial charge >= 0.3 is 0 Å². The fraction of sp³-hybridized carbons (Fsp3) is 0.364. The van der Waals surface area contributed by atoms with Gasteiger partial charge in [0.1, 0.15) is 5.75 Å². The highest BCUT2D eigenvalue weighted by atomic mass is 16.7. The molecule has 0 heterocycles. The minimum Gasteiger partial charge on any atom is -0.496 e. The summed E-state index contributed by atoms with van der Waals surface area (Å²) < 4.78 is 5.14. The van der Waals surface area contributed by atoms with Crippen LogP contribution in [0.4, 0.5) is 0 Å². The van der Waals surface area contributed by atoms with Gasteiger partial charge in [0.2, 0.25) is 0 Å². The molecule has 0 unspecified atom stereocenters. The van der Waals surface area contributed by atoms with Crippen molar-refractivity contribution in [2.45, 2.75) is 6.92 Å². The molecule has 1 rings (SSSR count). The number of hydrogen-bond donors (Lipinski definition) is 0. The molecule has 1 aromatic rings. The predicted octanol–water partition coefficient (Wildman–Crippen LogP) is 1.64. The van der Waals surface area contributed by atoms with Gasteiger partial charge in [0.25, 0.3) is 5.91 Å². The fourth-order valence-corrected chi connectivity index (χ4v) is 1.22. The average Bonchev–Trinajstić information content (AvgIpc) is 2.27. The van der Waals surface area contributed by atoms with Crippen LogP contribution in [0.15, 0.2) is 18.2 Å². The Kier molecular flexibility index (Phi) is 3.68. The second-order valence-corrected chi connectivity index (χ2v) is 3.17. The predicted molar refractivity (Wildman–Crippen MR) is 56.8 cm³/mol. The van der Waals surface area contributed by atoms with E-state index < -0.39 is 0 Å². The largest absolute Gasteiger partial charge is 0.496 e. The summed E-state index contributed by atoms with van der Waals surface area (Å²) in [6.45, 7) is 1.92. The van der Waals surface area contributed by atoms with Crippen LogP contribution >= 0.6 is 0 Å². The lowest BCUT2D eigenvalue weighted by atomic mass is 10.1. The Hall–Kier alpha value is -1.55. The van der Waals surface area contributed by atoms with Crippen LogP contribution in [0.5, 0.6) is 5.75 Å². The third-order valence-corrected chi connectivity index (χ3v) is 2.21. The lowest BCUT2D eigenvalue weighted by Gasteiger charge is -2.14. The Morgan fingerprint density at radius 1 is 1.33 bits per heavy atom. The van der Waals surface area contributed by atoms with E-state index in [0.717, 1.165) is 5.56 Å². The first-order valence-corrected chi connectivity index (χ1v) is 4.57. The van der Waals surface area contributed by atoms with Crippen molar-refractivity contribution in [1.82, 2.24) is 5.06 Å². The van der Waals surface area contributed by atoms with Gasteiger partial charge in [-0.25, -0.2) is 5.06 Å². The molecule has 0 saturated carbocycles. The van der Waals surface area contributed by atoms with Crippen LogP contribution in [0.3, 0.4) is 0 Å². The van der Waals surface area contributed by atoms with Crippen molar-refractivity contribution in [1.29, 1.82) is 0 Å². The van der Waals surface area contributed by atoms with Crippen LogP contribution in [0, 0.1) is 6.92 Å². The summed E-state index contributed by atoms with van der Waals surface area (Å²) in [5.41, 5.74) is 1.54. The van der Waals surface area contributed by atoms with Crippen LogP contribution in [-0.4, -0.2) is 32.2 Å². The number of nitrogens with zero attached hydrogens (tertiary/aromatic N) is 1. The van der Waals surface area contributed by atoms with E-state index in [0.29, 0.717) is 11.3 Å². The SMILES string of the molecule is COc1cc(C(=O)N(C)OC)ccc1C. The van der Waals surface area contributed by atoms with Gasteiger partial charge in [-0.05, 0) is 24.6 Å². The van der Waals surface area contributed by atoms with E-state index in [1.807, 2.05) is 13.0 Å². The summed E-state index contributed by atoms with van der Waals surface area (Å²) in [6, 6.07) is 5.29. The third-order valence-electron chi connectivity index (χ3n) is 2.21. The lowest BCUT2D eigenvalue weighted by Crippen LogP contribution is -2.25. The average molecular weight is 209 g/mol. The molecule has 0 N–H and O–H groups in total. The molecule has 1 amide bonds. The summed E-state index contributed by atoms with van der Waals surface area (Å²) >= 11 is 0. The van der Waals surface area contributed by atoms with Crippen molar-refractivity contribution in [2.75, 3.05) is 21.3 Å². The highest BCUT2D eigenvalue weighted by Crippen LogP contribution is 2.19. The van der Waals surface area contributed by atoms with Crippen LogP contribution < -0.4 is 4.74 Å². The first kappa shape index (κ1) is 11.5. The van der Waals surface area contributed by atoms with Crippen LogP contribution in [0.1, 0.15) is 15.9 Å². The van der Waals surface area contributed by atoms with E-state index in [1.165, 1.54) is 12.2 Å². The summed E-state index contributed by atoms with van der Waals surface area (Å²) in [5.74, 6) is 0.501. The van der Waals surface area contributed by atoms with Gasteiger partial charge in [-0.2, -0.15) is 0 Å². The van der Waals surface area contributed by atoms with Crippen molar-refractivity contribution in [3.05, 3.63) is 29.3 Å². The van der Waals surface area contributed by atoms with Gasteiger partial charge in [0.15, 0.2) is 0 Å². The molecule has 0 atom stereocenters. The number of benzene rings is 1.